The number of likely N-dealkylation sites (tertiary alicyclic amines) is 1. The van der Waals surface area contributed by atoms with Gasteiger partial charge in [0.2, 0.25) is 0 Å². The molecule has 1 amide bonds. The number of amides is 1. The van der Waals surface area contributed by atoms with Crippen LogP contribution in [0.4, 0.5) is 0 Å². The van der Waals surface area contributed by atoms with Gasteiger partial charge in [0.25, 0.3) is 5.91 Å². The van der Waals surface area contributed by atoms with Crippen LogP contribution in [-0.2, 0) is 11.8 Å². The average Bonchev–Trinajstić information content (AvgIpc) is 3.42. The summed E-state index contributed by atoms with van der Waals surface area (Å²) in [5.41, 5.74) is 2.64. The molecule has 158 valence electrons. The lowest BCUT2D eigenvalue weighted by Crippen LogP contribution is -2.52. The van der Waals surface area contributed by atoms with E-state index in [-0.39, 0.29) is 18.1 Å². The Labute approximate surface area is 176 Å². The lowest BCUT2D eigenvalue weighted by atomic mass is 9.98. The SMILES string of the molecule is Cn1cc([C@H]2[C@H](CN3CCCCC3)OCCN2C(=O)c2cccc3cc[nH]c23)cn1. The number of para-hydroxylation sites is 1. The molecule has 2 atom stereocenters. The fourth-order valence-electron chi connectivity index (χ4n) is 4.92. The summed E-state index contributed by atoms with van der Waals surface area (Å²) in [6, 6.07) is 7.75. The molecule has 0 aliphatic carbocycles. The van der Waals surface area contributed by atoms with Gasteiger partial charge in [0.1, 0.15) is 0 Å². The molecular weight excluding hydrogens is 378 g/mol. The molecule has 2 saturated heterocycles. The molecule has 3 aromatic rings. The van der Waals surface area contributed by atoms with Crippen molar-refractivity contribution in [1.82, 2.24) is 24.6 Å². The van der Waals surface area contributed by atoms with Gasteiger partial charge in [-0.3, -0.25) is 9.48 Å². The first-order valence-electron chi connectivity index (χ1n) is 10.9. The van der Waals surface area contributed by atoms with E-state index in [2.05, 4.69) is 15.0 Å². The van der Waals surface area contributed by atoms with Crippen LogP contribution in [-0.4, -0.2) is 69.4 Å². The van der Waals surface area contributed by atoms with Crippen molar-refractivity contribution in [3.63, 3.8) is 0 Å². The van der Waals surface area contributed by atoms with Gasteiger partial charge >= 0.3 is 0 Å². The number of piperidine rings is 1. The molecule has 2 aromatic heterocycles. The zero-order chi connectivity index (χ0) is 20.5. The van der Waals surface area contributed by atoms with Gasteiger partial charge < -0.3 is 19.5 Å². The molecule has 2 fully saturated rings. The van der Waals surface area contributed by atoms with Crippen LogP contribution >= 0.6 is 0 Å². The summed E-state index contributed by atoms with van der Waals surface area (Å²) in [7, 11) is 1.92. The Morgan fingerprint density at radius 1 is 1.20 bits per heavy atom. The highest BCUT2D eigenvalue weighted by molar-refractivity contribution is 6.05. The van der Waals surface area contributed by atoms with Gasteiger partial charge in [-0.1, -0.05) is 18.6 Å². The van der Waals surface area contributed by atoms with E-state index in [1.54, 1.807) is 4.68 Å². The van der Waals surface area contributed by atoms with Crippen LogP contribution in [0.2, 0.25) is 0 Å². The molecule has 0 bridgehead atoms. The van der Waals surface area contributed by atoms with E-state index in [1.807, 2.05) is 54.8 Å². The van der Waals surface area contributed by atoms with Gasteiger partial charge in [-0.2, -0.15) is 5.10 Å². The third-order valence-corrected chi connectivity index (χ3v) is 6.38. The molecule has 0 spiro atoms. The van der Waals surface area contributed by atoms with Crippen LogP contribution in [0.1, 0.15) is 41.2 Å². The van der Waals surface area contributed by atoms with Crippen LogP contribution in [0.15, 0.2) is 42.9 Å². The van der Waals surface area contributed by atoms with Gasteiger partial charge in [0, 0.05) is 43.5 Å². The van der Waals surface area contributed by atoms with Crippen LogP contribution < -0.4 is 0 Å². The normalized spacial score (nSPS) is 23.2. The number of nitrogens with zero attached hydrogens (tertiary/aromatic N) is 4. The molecule has 2 aliphatic rings. The fraction of sp³-hybridized carbons (Fsp3) is 0.478. The number of ether oxygens (including phenoxy) is 1. The summed E-state index contributed by atoms with van der Waals surface area (Å²) in [5, 5.41) is 5.44. The highest BCUT2D eigenvalue weighted by Crippen LogP contribution is 2.33. The van der Waals surface area contributed by atoms with E-state index in [1.165, 1.54) is 19.3 Å². The summed E-state index contributed by atoms with van der Waals surface area (Å²) >= 11 is 0. The van der Waals surface area contributed by atoms with Gasteiger partial charge in [-0.05, 0) is 38.1 Å². The van der Waals surface area contributed by atoms with Crippen LogP contribution in [0.5, 0.6) is 0 Å². The Morgan fingerprint density at radius 3 is 2.87 bits per heavy atom. The minimum absolute atomic E-state index is 0.0452. The number of H-pyrrole nitrogens is 1. The largest absolute Gasteiger partial charge is 0.373 e. The third kappa shape index (κ3) is 3.63. The number of morpholine rings is 1. The number of fused-ring (bicyclic) bond motifs is 1. The Bertz CT molecular complexity index is 1020. The molecule has 1 aromatic carbocycles. The summed E-state index contributed by atoms with van der Waals surface area (Å²) < 4.78 is 8.07. The number of carbonyl (C=O) groups excluding carboxylic acids is 1. The first-order chi connectivity index (χ1) is 14.7. The smallest absolute Gasteiger partial charge is 0.256 e. The zero-order valence-electron chi connectivity index (χ0n) is 17.5. The zero-order valence-corrected chi connectivity index (χ0v) is 17.5. The standard InChI is InChI=1S/C23H29N5O2/c1-26-15-18(14-25-26)22-20(16-27-10-3-2-4-11-27)30-13-12-28(22)23(29)19-7-5-6-17-8-9-24-21(17)19/h5-9,14-15,20,22,24H,2-4,10-13,16H2,1H3/t20-,22-/m0/s1. The molecule has 7 nitrogen and oxygen atoms in total. The van der Waals surface area contributed by atoms with E-state index >= 15 is 0 Å². The molecule has 7 heteroatoms. The van der Waals surface area contributed by atoms with Crippen molar-refractivity contribution >= 4 is 16.8 Å². The molecule has 5 rings (SSSR count). The minimum atomic E-state index is -0.146. The Hall–Kier alpha value is -2.64. The third-order valence-electron chi connectivity index (χ3n) is 6.38. The molecule has 4 heterocycles. The Kier molecular flexibility index (Phi) is 5.31. The Balaban J connectivity index is 1.48. The summed E-state index contributed by atoms with van der Waals surface area (Å²) in [5.74, 6) is 0.0452. The van der Waals surface area contributed by atoms with Gasteiger partial charge in [0.05, 0.1) is 36.0 Å². The number of rotatable bonds is 4. The highest BCUT2D eigenvalue weighted by Gasteiger charge is 2.39. The number of hydrogen-bond acceptors (Lipinski definition) is 4. The molecule has 1 N–H and O–H groups in total. The maximum atomic E-state index is 13.7. The van der Waals surface area contributed by atoms with E-state index in [0.717, 1.165) is 36.1 Å². The van der Waals surface area contributed by atoms with Gasteiger partial charge in [0.15, 0.2) is 0 Å². The van der Waals surface area contributed by atoms with Gasteiger partial charge in [-0.15, -0.1) is 0 Å². The van der Waals surface area contributed by atoms with Crippen LogP contribution in [0, 0.1) is 0 Å². The number of hydrogen-bond donors (Lipinski definition) is 1. The maximum Gasteiger partial charge on any atom is 0.256 e. The van der Waals surface area contributed by atoms with E-state index in [9.17, 15) is 4.79 Å². The Morgan fingerprint density at radius 2 is 2.07 bits per heavy atom. The van der Waals surface area contributed by atoms with Crippen molar-refractivity contribution in [1.29, 1.82) is 0 Å². The first kappa shape index (κ1) is 19.3. The monoisotopic (exact) mass is 407 g/mol. The molecule has 0 unspecified atom stereocenters. The molecule has 30 heavy (non-hydrogen) atoms. The topological polar surface area (TPSA) is 66.4 Å². The second-order valence-electron chi connectivity index (χ2n) is 8.41. The molecule has 0 radical (unpaired) electrons. The average molecular weight is 408 g/mol. The van der Waals surface area contributed by atoms with Crippen molar-refractivity contribution < 1.29 is 9.53 Å². The lowest BCUT2D eigenvalue weighted by molar-refractivity contribution is -0.0741. The van der Waals surface area contributed by atoms with Crippen LogP contribution in [0.3, 0.4) is 0 Å². The number of aromatic nitrogens is 3. The van der Waals surface area contributed by atoms with Crippen molar-refractivity contribution in [2.45, 2.75) is 31.4 Å². The number of aryl methyl sites for hydroxylation is 1. The van der Waals surface area contributed by atoms with E-state index < -0.39 is 0 Å². The quantitative estimate of drug-likeness (QED) is 0.722. The number of benzene rings is 1. The number of aromatic amines is 1. The molecule has 2 aliphatic heterocycles. The van der Waals surface area contributed by atoms with Crippen molar-refractivity contribution in [2.24, 2.45) is 7.05 Å². The second-order valence-corrected chi connectivity index (χ2v) is 8.41. The minimum Gasteiger partial charge on any atom is -0.373 e. The number of carbonyl (C=O) groups is 1. The highest BCUT2D eigenvalue weighted by atomic mass is 16.5. The van der Waals surface area contributed by atoms with Crippen molar-refractivity contribution in [3.05, 3.63) is 54.0 Å². The summed E-state index contributed by atoms with van der Waals surface area (Å²) in [6.45, 7) is 4.19. The first-order valence-corrected chi connectivity index (χ1v) is 10.9. The molecular formula is C23H29N5O2. The van der Waals surface area contributed by atoms with Crippen LogP contribution in [0.25, 0.3) is 10.9 Å². The van der Waals surface area contributed by atoms with E-state index in [4.69, 9.17) is 4.74 Å². The lowest BCUT2D eigenvalue weighted by Gasteiger charge is -2.43. The number of nitrogens with one attached hydrogen (secondary N) is 1. The predicted octanol–water partition coefficient (Wildman–Crippen LogP) is 2.97. The van der Waals surface area contributed by atoms with Crippen molar-refractivity contribution in [3.8, 4) is 0 Å². The summed E-state index contributed by atoms with van der Waals surface area (Å²) in [4.78, 5) is 21.5. The van der Waals surface area contributed by atoms with E-state index in [0.29, 0.717) is 18.7 Å². The maximum absolute atomic E-state index is 13.7. The summed E-state index contributed by atoms with van der Waals surface area (Å²) in [6.07, 6.45) is 9.49. The predicted molar refractivity (Wildman–Crippen MR) is 115 cm³/mol. The van der Waals surface area contributed by atoms with Crippen molar-refractivity contribution in [2.75, 3.05) is 32.8 Å². The van der Waals surface area contributed by atoms with Gasteiger partial charge in [-0.25, -0.2) is 0 Å². The second kappa shape index (κ2) is 8.24. The molecule has 0 saturated carbocycles. The fourth-order valence-corrected chi connectivity index (χ4v) is 4.92.